The van der Waals surface area contributed by atoms with Crippen LogP contribution in [0.2, 0.25) is 5.02 Å². The Morgan fingerprint density at radius 2 is 1.63 bits per heavy atom. The Hall–Kier alpha value is -3.88. The molecule has 180 valence electrons. The second kappa shape index (κ2) is 10.6. The van der Waals surface area contributed by atoms with Crippen LogP contribution in [0.25, 0.3) is 11.1 Å². The van der Waals surface area contributed by atoms with E-state index in [0.717, 1.165) is 22.3 Å². The second-order valence-electron chi connectivity index (χ2n) is 7.96. The van der Waals surface area contributed by atoms with Gasteiger partial charge < -0.3 is 25.2 Å². The Morgan fingerprint density at radius 1 is 1.00 bits per heavy atom. The maximum atomic E-state index is 12.8. The van der Waals surface area contributed by atoms with Gasteiger partial charge in [-0.05, 0) is 40.5 Å². The summed E-state index contributed by atoms with van der Waals surface area (Å²) in [6.07, 6.45) is -0.793. The largest absolute Gasteiger partial charge is 0.478 e. The first-order valence-corrected chi connectivity index (χ1v) is 11.2. The predicted octanol–water partition coefficient (Wildman–Crippen LogP) is 4.53. The van der Waals surface area contributed by atoms with Gasteiger partial charge in [0.05, 0.1) is 17.9 Å². The molecule has 0 radical (unpaired) electrons. The number of rotatable bonds is 8. The van der Waals surface area contributed by atoms with Gasteiger partial charge in [-0.1, -0.05) is 60.1 Å². The number of carboxylic acid groups (broad SMARTS) is 1. The maximum Gasteiger partial charge on any atom is 0.407 e. The first-order valence-electron chi connectivity index (χ1n) is 10.8. The number of hydrogen-bond acceptors (Lipinski definition) is 5. The zero-order valence-corrected chi connectivity index (χ0v) is 19.5. The summed E-state index contributed by atoms with van der Waals surface area (Å²) in [5, 5.41) is 14.6. The molecule has 1 aliphatic rings. The first kappa shape index (κ1) is 24.3. The molecule has 8 nitrogen and oxygen atoms in total. The number of carboxylic acids is 1. The maximum absolute atomic E-state index is 12.8. The molecule has 1 aliphatic carbocycles. The normalized spacial score (nSPS) is 12.9. The molecule has 3 aromatic rings. The van der Waals surface area contributed by atoms with Gasteiger partial charge in [0.15, 0.2) is 0 Å². The molecule has 3 N–H and O–H groups in total. The number of alkyl carbamates (subject to hydrolysis) is 1. The van der Waals surface area contributed by atoms with Crippen LogP contribution in [0.1, 0.15) is 27.4 Å². The molecule has 0 aliphatic heterocycles. The third kappa shape index (κ3) is 5.29. The van der Waals surface area contributed by atoms with Crippen molar-refractivity contribution in [2.75, 3.05) is 25.6 Å². The van der Waals surface area contributed by atoms with Crippen molar-refractivity contribution in [1.29, 1.82) is 0 Å². The Labute approximate surface area is 206 Å². The highest BCUT2D eigenvalue weighted by Crippen LogP contribution is 2.44. The van der Waals surface area contributed by atoms with Crippen molar-refractivity contribution in [1.82, 2.24) is 5.32 Å². The lowest BCUT2D eigenvalue weighted by Gasteiger charge is -2.19. The number of carbonyl (C=O) groups excluding carboxylic acids is 2. The second-order valence-corrected chi connectivity index (χ2v) is 8.40. The molecular formula is C26H23ClN2O6. The third-order valence-electron chi connectivity index (χ3n) is 5.76. The van der Waals surface area contributed by atoms with Gasteiger partial charge >= 0.3 is 12.1 Å². The molecule has 0 fully saturated rings. The van der Waals surface area contributed by atoms with Crippen molar-refractivity contribution in [2.24, 2.45) is 0 Å². The average molecular weight is 495 g/mol. The van der Waals surface area contributed by atoms with Gasteiger partial charge in [0, 0.05) is 18.1 Å². The molecule has 3 aromatic carbocycles. The Morgan fingerprint density at radius 3 is 2.23 bits per heavy atom. The quantitative estimate of drug-likeness (QED) is 0.424. The van der Waals surface area contributed by atoms with Gasteiger partial charge in [-0.25, -0.2) is 9.59 Å². The van der Waals surface area contributed by atoms with E-state index < -0.39 is 24.0 Å². The number of aromatic carboxylic acids is 1. The SMILES string of the molecule is COC[C@H](NC(=O)OCC1c2ccccc2-c2ccccc21)C(=O)Nc1ccc(Cl)cc1C(=O)O. The number of hydrogen-bond donors (Lipinski definition) is 3. The van der Waals surface area contributed by atoms with Gasteiger partial charge in [0.1, 0.15) is 12.6 Å². The van der Waals surface area contributed by atoms with E-state index in [1.165, 1.54) is 25.3 Å². The molecule has 0 saturated carbocycles. The smallest absolute Gasteiger partial charge is 0.407 e. The van der Waals surface area contributed by atoms with Crippen molar-refractivity contribution in [3.05, 3.63) is 88.4 Å². The van der Waals surface area contributed by atoms with Crippen LogP contribution < -0.4 is 10.6 Å². The number of halogens is 1. The summed E-state index contributed by atoms with van der Waals surface area (Å²) in [5.74, 6) is -2.05. The summed E-state index contributed by atoms with van der Waals surface area (Å²) in [6.45, 7) is -0.0620. The van der Waals surface area contributed by atoms with Crippen molar-refractivity contribution in [2.45, 2.75) is 12.0 Å². The first-order chi connectivity index (χ1) is 16.9. The van der Waals surface area contributed by atoms with Crippen LogP contribution in [-0.2, 0) is 14.3 Å². The van der Waals surface area contributed by atoms with Gasteiger partial charge in [0.25, 0.3) is 0 Å². The number of fused-ring (bicyclic) bond motifs is 3. The minimum Gasteiger partial charge on any atom is -0.478 e. The lowest BCUT2D eigenvalue weighted by Crippen LogP contribution is -2.47. The topological polar surface area (TPSA) is 114 Å². The fourth-order valence-electron chi connectivity index (χ4n) is 4.15. The molecule has 0 saturated heterocycles. The van der Waals surface area contributed by atoms with E-state index in [-0.39, 0.29) is 35.4 Å². The summed E-state index contributed by atoms with van der Waals surface area (Å²) < 4.78 is 10.6. The minimum absolute atomic E-state index is 0.0438. The van der Waals surface area contributed by atoms with Crippen molar-refractivity contribution in [3.8, 4) is 11.1 Å². The van der Waals surface area contributed by atoms with Crippen LogP contribution in [0.15, 0.2) is 66.7 Å². The van der Waals surface area contributed by atoms with Crippen LogP contribution in [-0.4, -0.2) is 49.4 Å². The summed E-state index contributed by atoms with van der Waals surface area (Å²) in [5.41, 5.74) is 4.20. The number of carbonyl (C=O) groups is 3. The van der Waals surface area contributed by atoms with E-state index in [1.807, 2.05) is 48.5 Å². The van der Waals surface area contributed by atoms with Crippen LogP contribution in [0, 0.1) is 0 Å². The number of benzene rings is 3. The van der Waals surface area contributed by atoms with E-state index in [9.17, 15) is 19.5 Å². The summed E-state index contributed by atoms with van der Waals surface area (Å²) in [7, 11) is 1.38. The molecule has 0 spiro atoms. The van der Waals surface area contributed by atoms with E-state index in [1.54, 1.807) is 0 Å². The highest BCUT2D eigenvalue weighted by molar-refractivity contribution is 6.31. The molecule has 1 atom stereocenters. The molecule has 2 amide bonds. The summed E-state index contributed by atoms with van der Waals surface area (Å²) in [4.78, 5) is 36.9. The average Bonchev–Trinajstić information content (AvgIpc) is 3.17. The van der Waals surface area contributed by atoms with E-state index in [4.69, 9.17) is 21.1 Å². The van der Waals surface area contributed by atoms with Crippen LogP contribution in [0.3, 0.4) is 0 Å². The highest BCUT2D eigenvalue weighted by atomic mass is 35.5. The van der Waals surface area contributed by atoms with Crippen molar-refractivity contribution >= 4 is 35.3 Å². The van der Waals surface area contributed by atoms with E-state index in [2.05, 4.69) is 10.6 Å². The number of nitrogens with one attached hydrogen (secondary N) is 2. The van der Waals surface area contributed by atoms with E-state index in [0.29, 0.717) is 0 Å². The van der Waals surface area contributed by atoms with Gasteiger partial charge in [-0.15, -0.1) is 0 Å². The Bertz CT molecular complexity index is 1230. The zero-order valence-electron chi connectivity index (χ0n) is 18.8. The summed E-state index contributed by atoms with van der Waals surface area (Å²) >= 11 is 5.86. The molecule has 0 unspecified atom stereocenters. The van der Waals surface area contributed by atoms with Crippen molar-refractivity contribution in [3.63, 3.8) is 0 Å². The number of anilines is 1. The molecular weight excluding hydrogens is 472 g/mol. The minimum atomic E-state index is -1.25. The number of ether oxygens (including phenoxy) is 2. The molecule has 9 heteroatoms. The van der Waals surface area contributed by atoms with Gasteiger partial charge in [0.2, 0.25) is 5.91 Å². The molecule has 4 rings (SSSR count). The molecule has 0 aromatic heterocycles. The summed E-state index contributed by atoms with van der Waals surface area (Å²) in [6, 6.07) is 18.9. The Kier molecular flexibility index (Phi) is 7.33. The number of methoxy groups -OCH3 is 1. The fraction of sp³-hybridized carbons (Fsp3) is 0.192. The van der Waals surface area contributed by atoms with Crippen LogP contribution >= 0.6 is 11.6 Å². The van der Waals surface area contributed by atoms with E-state index >= 15 is 0 Å². The number of amides is 2. The van der Waals surface area contributed by atoms with Gasteiger partial charge in [-0.2, -0.15) is 0 Å². The van der Waals surface area contributed by atoms with Crippen molar-refractivity contribution < 1.29 is 29.0 Å². The molecule has 0 bridgehead atoms. The van der Waals surface area contributed by atoms with Crippen LogP contribution in [0.5, 0.6) is 0 Å². The lowest BCUT2D eigenvalue weighted by molar-refractivity contribution is -0.119. The fourth-order valence-corrected chi connectivity index (χ4v) is 4.33. The Balaban J connectivity index is 1.43. The lowest BCUT2D eigenvalue weighted by atomic mass is 9.98. The van der Waals surface area contributed by atoms with Crippen LogP contribution in [0.4, 0.5) is 10.5 Å². The standard InChI is InChI=1S/C26H23ClN2O6/c1-34-14-23(24(30)28-22-11-10-15(27)12-20(22)25(31)32)29-26(33)35-13-21-18-8-4-2-6-16(18)17-7-3-5-9-19(17)21/h2-12,21,23H,13-14H2,1H3,(H,28,30)(H,29,33)(H,31,32)/t23-/m0/s1. The highest BCUT2D eigenvalue weighted by Gasteiger charge is 2.30. The zero-order chi connectivity index (χ0) is 24.9. The molecule has 0 heterocycles. The van der Waals surface area contributed by atoms with Gasteiger partial charge in [-0.3, -0.25) is 4.79 Å². The predicted molar refractivity (Wildman–Crippen MR) is 131 cm³/mol. The third-order valence-corrected chi connectivity index (χ3v) is 5.99. The monoisotopic (exact) mass is 494 g/mol. The molecule has 35 heavy (non-hydrogen) atoms.